The van der Waals surface area contributed by atoms with Gasteiger partial charge >= 0.3 is 0 Å². The molecular formula is C15H22ClFN2O. The predicted octanol–water partition coefficient (Wildman–Crippen LogP) is 2.84. The predicted molar refractivity (Wildman–Crippen MR) is 79.4 cm³/mol. The van der Waals surface area contributed by atoms with Crippen molar-refractivity contribution in [2.24, 2.45) is 11.7 Å². The summed E-state index contributed by atoms with van der Waals surface area (Å²) in [5.41, 5.74) is 6.34. The Bertz CT molecular complexity index is 440. The number of benzene rings is 1. The van der Waals surface area contributed by atoms with Gasteiger partial charge < -0.3 is 10.5 Å². The molecule has 2 rings (SSSR count). The summed E-state index contributed by atoms with van der Waals surface area (Å²) in [6, 6.07) is 4.40. The zero-order valence-electron chi connectivity index (χ0n) is 11.8. The first-order chi connectivity index (χ1) is 9.61. The fourth-order valence-electron chi connectivity index (χ4n) is 2.21. The quantitative estimate of drug-likeness (QED) is 0.750. The summed E-state index contributed by atoms with van der Waals surface area (Å²) in [6.45, 7) is 2.55. The van der Waals surface area contributed by atoms with Crippen molar-refractivity contribution >= 4 is 11.6 Å². The SMILES string of the molecule is CN(CCOCC1CC1)C(CN)c1cc(Cl)ccc1F. The molecule has 0 heterocycles. The number of ether oxygens (including phenoxy) is 1. The maximum absolute atomic E-state index is 13.9. The van der Waals surface area contributed by atoms with Crippen LogP contribution >= 0.6 is 11.6 Å². The molecule has 0 amide bonds. The van der Waals surface area contributed by atoms with Crippen molar-refractivity contribution in [3.8, 4) is 0 Å². The van der Waals surface area contributed by atoms with Crippen molar-refractivity contribution in [3.05, 3.63) is 34.6 Å². The Morgan fingerprint density at radius 3 is 2.90 bits per heavy atom. The summed E-state index contributed by atoms with van der Waals surface area (Å²) >= 11 is 5.94. The first-order valence-electron chi connectivity index (χ1n) is 7.04. The van der Waals surface area contributed by atoms with Crippen LogP contribution in [0.3, 0.4) is 0 Å². The Hall–Kier alpha value is -0.680. The van der Waals surface area contributed by atoms with Crippen LogP contribution in [0.1, 0.15) is 24.4 Å². The van der Waals surface area contributed by atoms with Crippen LogP contribution < -0.4 is 5.73 Å². The van der Waals surface area contributed by atoms with E-state index < -0.39 is 0 Å². The van der Waals surface area contributed by atoms with Crippen LogP contribution in [-0.2, 0) is 4.74 Å². The molecule has 1 aliphatic rings. The topological polar surface area (TPSA) is 38.5 Å². The average molecular weight is 301 g/mol. The zero-order chi connectivity index (χ0) is 14.5. The number of hydrogen-bond acceptors (Lipinski definition) is 3. The molecule has 112 valence electrons. The van der Waals surface area contributed by atoms with Gasteiger partial charge in [0.1, 0.15) is 5.82 Å². The Balaban J connectivity index is 1.89. The molecule has 20 heavy (non-hydrogen) atoms. The van der Waals surface area contributed by atoms with Gasteiger partial charge in [-0.05, 0) is 44.0 Å². The second kappa shape index (κ2) is 7.36. The summed E-state index contributed by atoms with van der Waals surface area (Å²) in [7, 11) is 1.93. The fourth-order valence-corrected chi connectivity index (χ4v) is 2.39. The third-order valence-electron chi connectivity index (χ3n) is 3.71. The number of hydrogen-bond donors (Lipinski definition) is 1. The van der Waals surface area contributed by atoms with E-state index in [1.165, 1.54) is 18.9 Å². The van der Waals surface area contributed by atoms with Crippen LogP contribution in [0.15, 0.2) is 18.2 Å². The van der Waals surface area contributed by atoms with E-state index in [0.29, 0.717) is 23.7 Å². The third kappa shape index (κ3) is 4.42. The van der Waals surface area contributed by atoms with Crippen molar-refractivity contribution in [1.82, 2.24) is 4.90 Å². The first kappa shape index (κ1) is 15.7. The van der Waals surface area contributed by atoms with Gasteiger partial charge in [0.05, 0.1) is 6.61 Å². The summed E-state index contributed by atoms with van der Waals surface area (Å²) in [5.74, 6) is 0.492. The molecule has 1 aromatic carbocycles. The summed E-state index contributed by atoms with van der Waals surface area (Å²) in [5, 5.41) is 0.526. The molecule has 3 nitrogen and oxygen atoms in total. The fraction of sp³-hybridized carbons (Fsp3) is 0.600. The smallest absolute Gasteiger partial charge is 0.128 e. The second-order valence-corrected chi connectivity index (χ2v) is 5.85. The molecule has 1 fully saturated rings. The minimum atomic E-state index is -0.268. The number of nitrogens with zero attached hydrogens (tertiary/aromatic N) is 1. The highest BCUT2D eigenvalue weighted by molar-refractivity contribution is 6.30. The third-order valence-corrected chi connectivity index (χ3v) is 3.95. The lowest BCUT2D eigenvalue weighted by atomic mass is 10.1. The van der Waals surface area contributed by atoms with E-state index in [-0.39, 0.29) is 11.9 Å². The van der Waals surface area contributed by atoms with Crippen molar-refractivity contribution in [1.29, 1.82) is 0 Å². The first-order valence-corrected chi connectivity index (χ1v) is 7.42. The minimum Gasteiger partial charge on any atom is -0.380 e. The summed E-state index contributed by atoms with van der Waals surface area (Å²) in [6.07, 6.45) is 2.57. The van der Waals surface area contributed by atoms with Gasteiger partial charge in [-0.2, -0.15) is 0 Å². The highest BCUT2D eigenvalue weighted by Crippen LogP contribution is 2.29. The van der Waals surface area contributed by atoms with Gasteiger partial charge in [-0.25, -0.2) is 4.39 Å². The molecule has 0 aromatic heterocycles. The van der Waals surface area contributed by atoms with E-state index in [2.05, 4.69) is 0 Å². The molecule has 1 aromatic rings. The number of halogens is 2. The zero-order valence-corrected chi connectivity index (χ0v) is 12.6. The lowest BCUT2D eigenvalue weighted by molar-refractivity contribution is 0.0917. The second-order valence-electron chi connectivity index (χ2n) is 5.42. The normalized spacial score (nSPS) is 16.6. The maximum Gasteiger partial charge on any atom is 0.128 e. The van der Waals surface area contributed by atoms with Gasteiger partial charge in [-0.15, -0.1) is 0 Å². The van der Waals surface area contributed by atoms with E-state index in [0.717, 1.165) is 19.1 Å². The van der Waals surface area contributed by atoms with Crippen LogP contribution in [0.25, 0.3) is 0 Å². The molecule has 1 unspecified atom stereocenters. The molecule has 2 N–H and O–H groups in total. The van der Waals surface area contributed by atoms with Crippen LogP contribution in [0, 0.1) is 11.7 Å². The molecule has 1 saturated carbocycles. The van der Waals surface area contributed by atoms with Crippen molar-refractivity contribution in [2.45, 2.75) is 18.9 Å². The largest absolute Gasteiger partial charge is 0.380 e. The Labute approximate surface area is 124 Å². The minimum absolute atomic E-state index is 0.182. The molecule has 0 spiro atoms. The summed E-state index contributed by atoms with van der Waals surface area (Å²) in [4.78, 5) is 2.02. The maximum atomic E-state index is 13.9. The van der Waals surface area contributed by atoms with Crippen LogP contribution in [0.5, 0.6) is 0 Å². The van der Waals surface area contributed by atoms with E-state index in [1.807, 2.05) is 11.9 Å². The molecule has 1 aliphatic carbocycles. The highest BCUT2D eigenvalue weighted by atomic mass is 35.5. The standard InChI is InChI=1S/C15H22ClFN2O/c1-19(6-7-20-10-11-2-3-11)15(9-18)13-8-12(16)4-5-14(13)17/h4-5,8,11,15H,2-3,6-7,9-10,18H2,1H3. The number of nitrogens with two attached hydrogens (primary N) is 1. The Morgan fingerprint density at radius 2 is 2.25 bits per heavy atom. The van der Waals surface area contributed by atoms with Gasteiger partial charge in [0.2, 0.25) is 0 Å². The number of likely N-dealkylation sites (N-methyl/N-ethyl adjacent to an activating group) is 1. The molecule has 1 atom stereocenters. The van der Waals surface area contributed by atoms with Crippen LogP contribution in [0.4, 0.5) is 4.39 Å². The molecule has 0 bridgehead atoms. The van der Waals surface area contributed by atoms with Gasteiger partial charge in [-0.1, -0.05) is 11.6 Å². The van der Waals surface area contributed by atoms with Gasteiger partial charge in [0.15, 0.2) is 0 Å². The molecular weight excluding hydrogens is 279 g/mol. The van der Waals surface area contributed by atoms with E-state index >= 15 is 0 Å². The van der Waals surface area contributed by atoms with Crippen LogP contribution in [0.2, 0.25) is 5.02 Å². The van der Waals surface area contributed by atoms with Crippen molar-refractivity contribution in [3.63, 3.8) is 0 Å². The Morgan fingerprint density at radius 1 is 1.50 bits per heavy atom. The molecule has 5 heteroatoms. The van der Waals surface area contributed by atoms with Crippen molar-refractivity contribution in [2.75, 3.05) is 33.4 Å². The Kier molecular flexibility index (Phi) is 5.78. The average Bonchev–Trinajstić information content (AvgIpc) is 3.24. The van der Waals surface area contributed by atoms with E-state index in [9.17, 15) is 4.39 Å². The summed E-state index contributed by atoms with van der Waals surface area (Å²) < 4.78 is 19.5. The molecule has 0 saturated heterocycles. The monoisotopic (exact) mass is 300 g/mol. The van der Waals surface area contributed by atoms with Gasteiger partial charge in [0, 0.05) is 36.3 Å². The highest BCUT2D eigenvalue weighted by Gasteiger charge is 2.22. The van der Waals surface area contributed by atoms with E-state index in [1.54, 1.807) is 12.1 Å². The lowest BCUT2D eigenvalue weighted by Crippen LogP contribution is -2.33. The van der Waals surface area contributed by atoms with E-state index in [4.69, 9.17) is 22.1 Å². The number of rotatable bonds is 8. The van der Waals surface area contributed by atoms with Gasteiger partial charge in [-0.3, -0.25) is 4.90 Å². The lowest BCUT2D eigenvalue weighted by Gasteiger charge is -2.27. The van der Waals surface area contributed by atoms with Gasteiger partial charge in [0.25, 0.3) is 0 Å². The molecule has 0 radical (unpaired) electrons. The van der Waals surface area contributed by atoms with Crippen LogP contribution in [-0.4, -0.2) is 38.3 Å². The molecule has 0 aliphatic heterocycles. The van der Waals surface area contributed by atoms with Crippen molar-refractivity contribution < 1.29 is 9.13 Å².